The minimum atomic E-state index is -3.36. The van der Waals surface area contributed by atoms with Crippen molar-refractivity contribution in [1.82, 2.24) is 8.61 Å². The molecule has 1 heterocycles. The summed E-state index contributed by atoms with van der Waals surface area (Å²) < 4.78 is 27.8. The van der Waals surface area contributed by atoms with Crippen molar-refractivity contribution >= 4 is 10.2 Å². The summed E-state index contributed by atoms with van der Waals surface area (Å²) in [5, 5.41) is 9.18. The van der Waals surface area contributed by atoms with Crippen LogP contribution in [-0.4, -0.2) is 54.4 Å². The summed E-state index contributed by atoms with van der Waals surface area (Å²) in [4.78, 5) is 0. The van der Waals surface area contributed by atoms with E-state index in [-0.39, 0.29) is 18.6 Å². The lowest BCUT2D eigenvalue weighted by Crippen LogP contribution is -2.52. The van der Waals surface area contributed by atoms with Crippen molar-refractivity contribution in [3.63, 3.8) is 0 Å². The average Bonchev–Trinajstić information content (AvgIpc) is 2.30. The van der Waals surface area contributed by atoms with Gasteiger partial charge in [0.05, 0.1) is 0 Å². The third-order valence-corrected chi connectivity index (χ3v) is 5.78. The standard InChI is InChI=1S/C11H24N2O3S/c1-4-12(5-2)17(15,16)13-8-11(9-14)7-6-10(13)3/h10-11,14H,4-9H2,1-3H3. The van der Waals surface area contributed by atoms with Gasteiger partial charge in [-0.2, -0.15) is 17.0 Å². The van der Waals surface area contributed by atoms with E-state index in [1.54, 1.807) is 4.31 Å². The topological polar surface area (TPSA) is 60.9 Å². The van der Waals surface area contributed by atoms with Crippen LogP contribution in [0.25, 0.3) is 0 Å². The van der Waals surface area contributed by atoms with Gasteiger partial charge in [-0.15, -0.1) is 0 Å². The fourth-order valence-electron chi connectivity index (χ4n) is 2.32. The minimum Gasteiger partial charge on any atom is -0.396 e. The van der Waals surface area contributed by atoms with Crippen molar-refractivity contribution in [3.8, 4) is 0 Å². The Morgan fingerprint density at radius 3 is 2.35 bits per heavy atom. The van der Waals surface area contributed by atoms with Crippen molar-refractivity contribution in [2.24, 2.45) is 5.92 Å². The third-order valence-electron chi connectivity index (χ3n) is 3.51. The fraction of sp³-hybridized carbons (Fsp3) is 1.00. The Balaban J connectivity index is 2.88. The van der Waals surface area contributed by atoms with E-state index >= 15 is 0 Å². The predicted molar refractivity (Wildman–Crippen MR) is 67.8 cm³/mol. The second-order valence-corrected chi connectivity index (χ2v) is 6.52. The molecule has 0 spiro atoms. The first kappa shape index (κ1) is 14.9. The van der Waals surface area contributed by atoms with Gasteiger partial charge in [0.15, 0.2) is 0 Å². The molecule has 2 atom stereocenters. The highest BCUT2D eigenvalue weighted by Crippen LogP contribution is 2.25. The Kier molecular flexibility index (Phi) is 5.37. The van der Waals surface area contributed by atoms with Crippen LogP contribution in [-0.2, 0) is 10.2 Å². The van der Waals surface area contributed by atoms with Crippen LogP contribution in [0.3, 0.4) is 0 Å². The Bertz CT molecular complexity index is 328. The van der Waals surface area contributed by atoms with Gasteiger partial charge in [0, 0.05) is 32.3 Å². The second kappa shape index (κ2) is 6.13. The van der Waals surface area contributed by atoms with Crippen molar-refractivity contribution in [1.29, 1.82) is 0 Å². The lowest BCUT2D eigenvalue weighted by molar-refractivity contribution is 0.134. The van der Waals surface area contributed by atoms with Crippen molar-refractivity contribution in [3.05, 3.63) is 0 Å². The molecular weight excluding hydrogens is 240 g/mol. The van der Waals surface area contributed by atoms with Gasteiger partial charge >= 0.3 is 0 Å². The molecule has 1 aliphatic rings. The Labute approximate surface area is 105 Å². The molecular formula is C11H24N2O3S. The maximum Gasteiger partial charge on any atom is 0.282 e. The number of piperidine rings is 1. The third kappa shape index (κ3) is 3.19. The van der Waals surface area contributed by atoms with Gasteiger partial charge in [-0.3, -0.25) is 0 Å². The van der Waals surface area contributed by atoms with Crippen LogP contribution in [0.1, 0.15) is 33.6 Å². The molecule has 17 heavy (non-hydrogen) atoms. The minimum absolute atomic E-state index is 0.0309. The normalized spacial score (nSPS) is 27.6. The van der Waals surface area contributed by atoms with Gasteiger partial charge < -0.3 is 5.11 Å². The van der Waals surface area contributed by atoms with Crippen LogP contribution in [0.5, 0.6) is 0 Å². The van der Waals surface area contributed by atoms with Crippen molar-refractivity contribution < 1.29 is 13.5 Å². The maximum absolute atomic E-state index is 12.4. The predicted octanol–water partition coefficient (Wildman–Crippen LogP) is 0.666. The average molecular weight is 264 g/mol. The largest absolute Gasteiger partial charge is 0.396 e. The zero-order chi connectivity index (χ0) is 13.1. The summed E-state index contributed by atoms with van der Waals surface area (Å²) in [6.45, 7) is 7.12. The molecule has 0 aromatic rings. The quantitative estimate of drug-likeness (QED) is 0.794. The lowest BCUT2D eigenvalue weighted by atomic mass is 9.96. The van der Waals surface area contributed by atoms with Crippen LogP contribution >= 0.6 is 0 Å². The molecule has 1 fully saturated rings. The first-order chi connectivity index (χ1) is 7.97. The molecule has 0 aliphatic carbocycles. The molecule has 0 amide bonds. The van der Waals surface area contributed by atoms with E-state index in [1.807, 2.05) is 20.8 Å². The second-order valence-electron chi connectivity index (χ2n) is 4.64. The first-order valence-corrected chi connectivity index (χ1v) is 7.74. The van der Waals surface area contributed by atoms with Crippen molar-refractivity contribution in [2.45, 2.75) is 39.7 Å². The molecule has 0 aromatic heterocycles. The number of rotatable bonds is 5. The number of hydrogen-bond acceptors (Lipinski definition) is 3. The number of hydrogen-bond donors (Lipinski definition) is 1. The monoisotopic (exact) mass is 264 g/mol. The molecule has 1 N–H and O–H groups in total. The van der Waals surface area contributed by atoms with Crippen LogP contribution < -0.4 is 0 Å². The van der Waals surface area contributed by atoms with Gasteiger partial charge in [-0.25, -0.2) is 0 Å². The molecule has 0 aromatic carbocycles. The Morgan fingerprint density at radius 1 is 1.29 bits per heavy atom. The van der Waals surface area contributed by atoms with Gasteiger partial charge in [0.1, 0.15) is 0 Å². The summed E-state index contributed by atoms with van der Waals surface area (Å²) in [5.74, 6) is 0.0801. The summed E-state index contributed by atoms with van der Waals surface area (Å²) in [7, 11) is -3.36. The first-order valence-electron chi connectivity index (χ1n) is 6.35. The van der Waals surface area contributed by atoms with Crippen molar-refractivity contribution in [2.75, 3.05) is 26.2 Å². The molecule has 5 nitrogen and oxygen atoms in total. The SMILES string of the molecule is CCN(CC)S(=O)(=O)N1CC(CO)CCC1C. The fourth-order valence-corrected chi connectivity index (χ4v) is 4.22. The van der Waals surface area contributed by atoms with E-state index in [1.165, 1.54) is 4.31 Å². The summed E-state index contributed by atoms with van der Waals surface area (Å²) in [5.41, 5.74) is 0. The molecule has 1 rings (SSSR count). The number of aliphatic hydroxyl groups is 1. The Hall–Kier alpha value is -0.170. The van der Waals surface area contributed by atoms with Crippen LogP contribution in [0.15, 0.2) is 0 Å². The highest BCUT2D eigenvalue weighted by molar-refractivity contribution is 7.86. The maximum atomic E-state index is 12.4. The molecule has 102 valence electrons. The van der Waals surface area contributed by atoms with Crippen LogP contribution in [0, 0.1) is 5.92 Å². The summed E-state index contributed by atoms with van der Waals surface area (Å²) in [6.07, 6.45) is 1.73. The van der Waals surface area contributed by atoms with E-state index in [4.69, 9.17) is 0 Å². The lowest BCUT2D eigenvalue weighted by Gasteiger charge is -2.38. The molecule has 0 radical (unpaired) electrons. The van der Waals surface area contributed by atoms with E-state index in [0.29, 0.717) is 19.6 Å². The smallest absolute Gasteiger partial charge is 0.282 e. The molecule has 0 bridgehead atoms. The highest BCUT2D eigenvalue weighted by atomic mass is 32.2. The molecule has 1 saturated heterocycles. The van der Waals surface area contributed by atoms with Gasteiger partial charge in [0.2, 0.25) is 0 Å². The van der Waals surface area contributed by atoms with Gasteiger partial charge in [-0.1, -0.05) is 13.8 Å². The van der Waals surface area contributed by atoms with E-state index < -0.39 is 10.2 Å². The summed E-state index contributed by atoms with van der Waals surface area (Å²) in [6, 6.07) is 0.0309. The van der Waals surface area contributed by atoms with Crippen LogP contribution in [0.4, 0.5) is 0 Å². The van der Waals surface area contributed by atoms with Gasteiger partial charge in [0.25, 0.3) is 10.2 Å². The number of nitrogens with zero attached hydrogens (tertiary/aromatic N) is 2. The summed E-state index contributed by atoms with van der Waals surface area (Å²) >= 11 is 0. The zero-order valence-corrected chi connectivity index (χ0v) is 11.8. The van der Waals surface area contributed by atoms with Crippen LogP contribution in [0.2, 0.25) is 0 Å². The molecule has 1 aliphatic heterocycles. The molecule has 6 heteroatoms. The van der Waals surface area contributed by atoms with E-state index in [9.17, 15) is 13.5 Å². The molecule has 2 unspecified atom stereocenters. The van der Waals surface area contributed by atoms with E-state index in [2.05, 4.69) is 0 Å². The Morgan fingerprint density at radius 2 is 1.88 bits per heavy atom. The van der Waals surface area contributed by atoms with Gasteiger partial charge in [-0.05, 0) is 25.7 Å². The molecule has 0 saturated carbocycles. The zero-order valence-electron chi connectivity index (χ0n) is 11.0. The highest BCUT2D eigenvalue weighted by Gasteiger charge is 2.36. The number of aliphatic hydroxyl groups excluding tert-OH is 1. The van der Waals surface area contributed by atoms with E-state index in [0.717, 1.165) is 12.8 Å².